The Morgan fingerprint density at radius 1 is 1.50 bits per heavy atom. The predicted octanol–water partition coefficient (Wildman–Crippen LogP) is 1.41. The quantitative estimate of drug-likeness (QED) is 0.869. The summed E-state index contributed by atoms with van der Waals surface area (Å²) in [6.45, 7) is 4.76. The fourth-order valence-electron chi connectivity index (χ4n) is 2.51. The second kappa shape index (κ2) is 4.71. The van der Waals surface area contributed by atoms with Gasteiger partial charge in [-0.25, -0.2) is 4.98 Å². The maximum Gasteiger partial charge on any atom is 0.106 e. The van der Waals surface area contributed by atoms with Gasteiger partial charge in [0.25, 0.3) is 0 Å². The van der Waals surface area contributed by atoms with Gasteiger partial charge < -0.3 is 14.6 Å². The third-order valence-corrected chi connectivity index (χ3v) is 3.64. The summed E-state index contributed by atoms with van der Waals surface area (Å²) in [6.07, 6.45) is 1.25. The maximum atomic E-state index is 5.73. The van der Waals surface area contributed by atoms with Gasteiger partial charge in [0.2, 0.25) is 0 Å². The number of nitrogens with zero attached hydrogens (tertiary/aromatic N) is 2. The highest BCUT2D eigenvalue weighted by Gasteiger charge is 2.14. The summed E-state index contributed by atoms with van der Waals surface area (Å²) < 4.78 is 7.86. The average molecular weight is 245 g/mol. The zero-order valence-electron chi connectivity index (χ0n) is 10.9. The molecule has 1 N–H and O–H groups in total. The molecule has 0 radical (unpaired) electrons. The summed E-state index contributed by atoms with van der Waals surface area (Å²) in [5.41, 5.74) is 3.57. The Labute approximate surface area is 107 Å². The van der Waals surface area contributed by atoms with Crippen LogP contribution in [0.4, 0.5) is 0 Å². The molecule has 2 aromatic rings. The molecule has 1 unspecified atom stereocenters. The van der Waals surface area contributed by atoms with E-state index in [4.69, 9.17) is 4.74 Å². The number of hydrogen-bond donors (Lipinski definition) is 1. The fourth-order valence-corrected chi connectivity index (χ4v) is 2.51. The number of fused-ring (bicyclic) bond motifs is 1. The molecule has 0 bridgehead atoms. The summed E-state index contributed by atoms with van der Waals surface area (Å²) in [4.78, 5) is 4.57. The van der Waals surface area contributed by atoms with Crippen molar-refractivity contribution in [2.45, 2.75) is 19.4 Å². The zero-order valence-corrected chi connectivity index (χ0v) is 10.9. The van der Waals surface area contributed by atoms with Gasteiger partial charge in [0.15, 0.2) is 0 Å². The van der Waals surface area contributed by atoms with Crippen LogP contribution in [-0.2, 0) is 18.2 Å². The van der Waals surface area contributed by atoms with Crippen molar-refractivity contribution in [3.05, 3.63) is 29.6 Å². The number of aromatic nitrogens is 2. The van der Waals surface area contributed by atoms with Gasteiger partial charge in [0, 0.05) is 20.1 Å². The Morgan fingerprint density at radius 3 is 3.17 bits per heavy atom. The van der Waals surface area contributed by atoms with Crippen LogP contribution >= 0.6 is 0 Å². The summed E-state index contributed by atoms with van der Waals surface area (Å²) in [5, 5.41) is 3.36. The van der Waals surface area contributed by atoms with E-state index in [2.05, 4.69) is 40.1 Å². The van der Waals surface area contributed by atoms with Crippen LogP contribution < -0.4 is 5.32 Å². The van der Waals surface area contributed by atoms with E-state index in [-0.39, 0.29) is 0 Å². The number of aryl methyl sites for hydroxylation is 2. The van der Waals surface area contributed by atoms with Crippen LogP contribution in [0.2, 0.25) is 0 Å². The molecular weight excluding hydrogens is 226 g/mol. The Kier molecular flexibility index (Phi) is 3.06. The van der Waals surface area contributed by atoms with Crippen LogP contribution in [0.15, 0.2) is 18.2 Å². The fraction of sp³-hybridized carbons (Fsp3) is 0.500. The van der Waals surface area contributed by atoms with Crippen molar-refractivity contribution in [2.75, 3.05) is 19.7 Å². The highest BCUT2D eigenvalue weighted by atomic mass is 16.5. The van der Waals surface area contributed by atoms with Gasteiger partial charge in [-0.3, -0.25) is 0 Å². The number of benzene rings is 1. The molecule has 0 aliphatic carbocycles. The van der Waals surface area contributed by atoms with Gasteiger partial charge in [0.1, 0.15) is 5.82 Å². The van der Waals surface area contributed by atoms with E-state index in [1.165, 1.54) is 11.1 Å². The van der Waals surface area contributed by atoms with Crippen LogP contribution in [0.25, 0.3) is 11.0 Å². The largest absolute Gasteiger partial charge is 0.375 e. The first-order valence-corrected chi connectivity index (χ1v) is 6.48. The second-order valence-corrected chi connectivity index (χ2v) is 4.94. The van der Waals surface area contributed by atoms with E-state index in [1.54, 1.807) is 0 Å². The average Bonchev–Trinajstić information content (AvgIpc) is 2.66. The highest BCUT2D eigenvalue weighted by Crippen LogP contribution is 2.18. The Morgan fingerprint density at radius 2 is 2.39 bits per heavy atom. The van der Waals surface area contributed by atoms with E-state index in [1.807, 2.05) is 6.92 Å². The van der Waals surface area contributed by atoms with Crippen molar-refractivity contribution in [1.82, 2.24) is 14.9 Å². The van der Waals surface area contributed by atoms with Crippen molar-refractivity contribution in [2.24, 2.45) is 7.05 Å². The topological polar surface area (TPSA) is 39.1 Å². The minimum absolute atomic E-state index is 0.293. The standard InChI is InChI=1S/C14H19N3O/c1-10-16-13-8-11(3-4-14(13)17(10)2)7-12-9-15-5-6-18-12/h3-4,8,12,15H,5-7,9H2,1-2H3. The maximum absolute atomic E-state index is 5.73. The van der Waals surface area contributed by atoms with Gasteiger partial charge in [-0.2, -0.15) is 0 Å². The minimum atomic E-state index is 0.293. The van der Waals surface area contributed by atoms with Gasteiger partial charge in [-0.05, 0) is 31.0 Å². The van der Waals surface area contributed by atoms with Crippen molar-refractivity contribution in [3.63, 3.8) is 0 Å². The lowest BCUT2D eigenvalue weighted by Crippen LogP contribution is -2.39. The molecule has 96 valence electrons. The lowest BCUT2D eigenvalue weighted by Gasteiger charge is -2.23. The Balaban J connectivity index is 1.84. The molecule has 18 heavy (non-hydrogen) atoms. The second-order valence-electron chi connectivity index (χ2n) is 4.94. The van der Waals surface area contributed by atoms with Crippen molar-refractivity contribution in [3.8, 4) is 0 Å². The van der Waals surface area contributed by atoms with Gasteiger partial charge >= 0.3 is 0 Å². The van der Waals surface area contributed by atoms with Gasteiger partial charge in [-0.1, -0.05) is 6.07 Å². The molecule has 0 spiro atoms. The summed E-state index contributed by atoms with van der Waals surface area (Å²) in [5.74, 6) is 1.05. The van der Waals surface area contributed by atoms with E-state index >= 15 is 0 Å². The SMILES string of the molecule is Cc1nc2cc(CC3CNCCO3)ccc2n1C. The monoisotopic (exact) mass is 245 g/mol. The molecule has 0 amide bonds. The lowest BCUT2D eigenvalue weighted by atomic mass is 10.1. The molecule has 1 saturated heterocycles. The molecule has 1 aromatic carbocycles. The van der Waals surface area contributed by atoms with Crippen LogP contribution in [0, 0.1) is 6.92 Å². The van der Waals surface area contributed by atoms with Gasteiger partial charge in [0.05, 0.1) is 23.7 Å². The van der Waals surface area contributed by atoms with Crippen molar-refractivity contribution in [1.29, 1.82) is 0 Å². The smallest absolute Gasteiger partial charge is 0.106 e. The van der Waals surface area contributed by atoms with Gasteiger partial charge in [-0.15, -0.1) is 0 Å². The Bertz CT molecular complexity index is 555. The molecule has 4 nitrogen and oxygen atoms in total. The number of nitrogens with one attached hydrogen (secondary N) is 1. The normalized spacial score (nSPS) is 20.4. The van der Waals surface area contributed by atoms with Crippen LogP contribution in [0.1, 0.15) is 11.4 Å². The van der Waals surface area contributed by atoms with Crippen molar-refractivity contribution >= 4 is 11.0 Å². The van der Waals surface area contributed by atoms with E-state index in [9.17, 15) is 0 Å². The molecule has 3 rings (SSSR count). The summed E-state index contributed by atoms with van der Waals surface area (Å²) in [7, 11) is 2.05. The summed E-state index contributed by atoms with van der Waals surface area (Å²) >= 11 is 0. The first-order valence-electron chi connectivity index (χ1n) is 6.48. The first-order chi connectivity index (χ1) is 8.74. The molecule has 2 heterocycles. The number of ether oxygens (including phenoxy) is 1. The molecular formula is C14H19N3O. The minimum Gasteiger partial charge on any atom is -0.375 e. The van der Waals surface area contributed by atoms with E-state index in [0.717, 1.165) is 37.5 Å². The molecule has 1 aliphatic rings. The molecule has 1 atom stereocenters. The number of hydrogen-bond acceptors (Lipinski definition) is 3. The van der Waals surface area contributed by atoms with Crippen LogP contribution in [0.5, 0.6) is 0 Å². The molecule has 0 saturated carbocycles. The summed E-state index contributed by atoms with van der Waals surface area (Å²) in [6, 6.07) is 6.52. The molecule has 4 heteroatoms. The number of morpholine rings is 1. The van der Waals surface area contributed by atoms with Crippen LogP contribution in [-0.4, -0.2) is 35.4 Å². The first kappa shape index (κ1) is 11.7. The Hall–Kier alpha value is -1.39. The molecule has 1 fully saturated rings. The predicted molar refractivity (Wildman–Crippen MR) is 71.8 cm³/mol. The number of imidazole rings is 1. The number of rotatable bonds is 2. The van der Waals surface area contributed by atoms with Crippen LogP contribution in [0.3, 0.4) is 0 Å². The third-order valence-electron chi connectivity index (χ3n) is 3.64. The third kappa shape index (κ3) is 2.13. The molecule has 1 aliphatic heterocycles. The lowest BCUT2D eigenvalue weighted by molar-refractivity contribution is 0.0292. The van der Waals surface area contributed by atoms with E-state index in [0.29, 0.717) is 6.10 Å². The molecule has 1 aromatic heterocycles. The zero-order chi connectivity index (χ0) is 12.5. The van der Waals surface area contributed by atoms with Crippen molar-refractivity contribution < 1.29 is 4.74 Å². The highest BCUT2D eigenvalue weighted by molar-refractivity contribution is 5.76. The van der Waals surface area contributed by atoms with E-state index < -0.39 is 0 Å².